The first kappa shape index (κ1) is 23.5. The molecule has 0 spiro atoms. The topological polar surface area (TPSA) is 94.5 Å². The number of hydrogen-bond donors (Lipinski definition) is 2. The number of hydrogen-bond acceptors (Lipinski definition) is 8. The number of aromatic nitrogens is 2. The number of piperazine rings is 3. The van der Waals surface area contributed by atoms with Crippen LogP contribution in [0.1, 0.15) is 25.3 Å². The smallest absolute Gasteiger partial charge is 0.248 e. The summed E-state index contributed by atoms with van der Waals surface area (Å²) in [6.45, 7) is 9.20. The van der Waals surface area contributed by atoms with Gasteiger partial charge >= 0.3 is 0 Å². The number of H-pyrrole nitrogens is 1. The second-order valence-electron chi connectivity index (χ2n) is 11.4. The van der Waals surface area contributed by atoms with Gasteiger partial charge in [-0.3, -0.25) is 9.69 Å². The third-order valence-electron chi connectivity index (χ3n) is 8.98. The number of nitrogens with one attached hydrogen (secondary N) is 2. The normalized spacial score (nSPS) is 27.4. The van der Waals surface area contributed by atoms with Crippen LogP contribution in [-0.4, -0.2) is 84.8 Å². The molecule has 4 aliphatic rings. The molecule has 38 heavy (non-hydrogen) atoms. The van der Waals surface area contributed by atoms with E-state index in [0.717, 1.165) is 62.7 Å². The number of benzene rings is 1. The van der Waals surface area contributed by atoms with Crippen molar-refractivity contribution in [3.05, 3.63) is 58.5 Å². The van der Waals surface area contributed by atoms with Gasteiger partial charge < -0.3 is 25.0 Å². The molecule has 3 aromatic rings. The summed E-state index contributed by atoms with van der Waals surface area (Å²) in [5, 5.41) is 14.2. The highest BCUT2D eigenvalue weighted by atomic mass is 16.1. The SMILES string of the molecule is C[C@H]1CN(c2ccc(C#N)c3[nH]c(=O)ccc23)CC2CN(c3ccc(N4CC5CCC(C4)N5)nc3)CCN21. The summed E-state index contributed by atoms with van der Waals surface area (Å²) in [6.07, 6.45) is 4.61. The van der Waals surface area contributed by atoms with Crippen molar-refractivity contribution < 1.29 is 0 Å². The summed E-state index contributed by atoms with van der Waals surface area (Å²) < 4.78 is 0. The summed E-state index contributed by atoms with van der Waals surface area (Å²) >= 11 is 0. The van der Waals surface area contributed by atoms with Crippen molar-refractivity contribution in [3.63, 3.8) is 0 Å². The van der Waals surface area contributed by atoms with Crippen LogP contribution in [0.15, 0.2) is 47.4 Å². The molecule has 4 fully saturated rings. The molecule has 196 valence electrons. The molecule has 4 aliphatic heterocycles. The third-order valence-corrected chi connectivity index (χ3v) is 8.98. The first-order chi connectivity index (χ1) is 18.6. The molecule has 4 saturated heterocycles. The Hall–Kier alpha value is -3.61. The Morgan fingerprint density at radius 1 is 0.921 bits per heavy atom. The minimum Gasteiger partial charge on any atom is -0.368 e. The van der Waals surface area contributed by atoms with E-state index in [-0.39, 0.29) is 5.56 Å². The van der Waals surface area contributed by atoms with Gasteiger partial charge in [-0.15, -0.1) is 0 Å². The quantitative estimate of drug-likeness (QED) is 0.554. The molecule has 9 nitrogen and oxygen atoms in total. The second kappa shape index (κ2) is 9.29. The van der Waals surface area contributed by atoms with Crippen LogP contribution in [0, 0.1) is 11.3 Å². The molecule has 4 atom stereocenters. The Bertz CT molecular complexity index is 1430. The van der Waals surface area contributed by atoms with Crippen LogP contribution >= 0.6 is 0 Å². The van der Waals surface area contributed by atoms with E-state index in [1.54, 1.807) is 6.07 Å². The lowest BCUT2D eigenvalue weighted by atomic mass is 10.0. The number of anilines is 3. The molecule has 0 aliphatic carbocycles. The van der Waals surface area contributed by atoms with E-state index < -0.39 is 0 Å². The number of nitrogens with zero attached hydrogens (tertiary/aromatic N) is 6. The Morgan fingerprint density at radius 2 is 1.74 bits per heavy atom. The summed E-state index contributed by atoms with van der Waals surface area (Å²) in [5.41, 5.74) is 3.21. The number of fused-ring (bicyclic) bond motifs is 4. The number of pyridine rings is 2. The molecule has 2 aromatic heterocycles. The molecule has 0 amide bonds. The van der Waals surface area contributed by atoms with Gasteiger partial charge in [0.15, 0.2) is 0 Å². The fourth-order valence-electron chi connectivity index (χ4n) is 7.14. The van der Waals surface area contributed by atoms with Crippen molar-refractivity contribution >= 4 is 28.1 Å². The summed E-state index contributed by atoms with van der Waals surface area (Å²) in [6, 6.07) is 15.9. The van der Waals surface area contributed by atoms with Gasteiger partial charge in [0.2, 0.25) is 5.56 Å². The van der Waals surface area contributed by atoms with Crippen LogP contribution in [0.4, 0.5) is 17.2 Å². The zero-order valence-corrected chi connectivity index (χ0v) is 21.8. The molecule has 1 aromatic carbocycles. The Kier molecular flexibility index (Phi) is 5.75. The van der Waals surface area contributed by atoms with Gasteiger partial charge in [0.1, 0.15) is 11.9 Å². The highest BCUT2D eigenvalue weighted by molar-refractivity contribution is 5.95. The van der Waals surface area contributed by atoms with Crippen LogP contribution in [0.5, 0.6) is 0 Å². The highest BCUT2D eigenvalue weighted by Gasteiger charge is 2.37. The number of rotatable bonds is 3. The molecule has 0 radical (unpaired) electrons. The molecule has 3 unspecified atom stereocenters. The van der Waals surface area contributed by atoms with Gasteiger partial charge in [-0.05, 0) is 50.1 Å². The maximum atomic E-state index is 12.0. The lowest BCUT2D eigenvalue weighted by Crippen LogP contribution is -2.65. The molecule has 0 saturated carbocycles. The molecule has 9 heteroatoms. The van der Waals surface area contributed by atoms with Crippen LogP contribution in [-0.2, 0) is 0 Å². The van der Waals surface area contributed by atoms with E-state index >= 15 is 0 Å². The van der Waals surface area contributed by atoms with Gasteiger partial charge in [-0.1, -0.05) is 0 Å². The van der Waals surface area contributed by atoms with Crippen molar-refractivity contribution in [1.29, 1.82) is 5.26 Å². The van der Waals surface area contributed by atoms with Crippen LogP contribution in [0.2, 0.25) is 0 Å². The van der Waals surface area contributed by atoms with Gasteiger partial charge in [0.05, 0.1) is 23.0 Å². The maximum Gasteiger partial charge on any atom is 0.248 e. The van der Waals surface area contributed by atoms with E-state index in [9.17, 15) is 10.1 Å². The Balaban J connectivity index is 1.10. The van der Waals surface area contributed by atoms with E-state index in [1.165, 1.54) is 18.5 Å². The Morgan fingerprint density at radius 3 is 2.50 bits per heavy atom. The average molecular weight is 511 g/mol. The van der Waals surface area contributed by atoms with Crippen LogP contribution in [0.3, 0.4) is 0 Å². The first-order valence-corrected chi connectivity index (χ1v) is 13.8. The van der Waals surface area contributed by atoms with Crippen LogP contribution in [0.25, 0.3) is 10.9 Å². The molecule has 6 heterocycles. The summed E-state index contributed by atoms with van der Waals surface area (Å²) in [7, 11) is 0. The van der Waals surface area contributed by atoms with Gasteiger partial charge in [-0.25, -0.2) is 4.98 Å². The molecule has 2 bridgehead atoms. The largest absolute Gasteiger partial charge is 0.368 e. The maximum absolute atomic E-state index is 12.0. The van der Waals surface area contributed by atoms with Crippen molar-refractivity contribution in [2.45, 2.75) is 43.9 Å². The minimum atomic E-state index is -0.184. The minimum absolute atomic E-state index is 0.184. The molecular weight excluding hydrogens is 476 g/mol. The van der Waals surface area contributed by atoms with Gasteiger partial charge in [-0.2, -0.15) is 5.26 Å². The van der Waals surface area contributed by atoms with Crippen molar-refractivity contribution in [1.82, 2.24) is 20.2 Å². The zero-order chi connectivity index (χ0) is 25.8. The fraction of sp³-hybridized carbons (Fsp3) is 0.483. The van der Waals surface area contributed by atoms with E-state index in [2.05, 4.69) is 61.2 Å². The fourth-order valence-corrected chi connectivity index (χ4v) is 7.14. The number of aromatic amines is 1. The molecule has 7 rings (SSSR count). The zero-order valence-electron chi connectivity index (χ0n) is 21.8. The van der Waals surface area contributed by atoms with Crippen molar-refractivity contribution in [3.8, 4) is 6.07 Å². The van der Waals surface area contributed by atoms with Crippen molar-refractivity contribution in [2.24, 2.45) is 0 Å². The average Bonchev–Trinajstić information content (AvgIpc) is 3.29. The summed E-state index contributed by atoms with van der Waals surface area (Å²) in [5.74, 6) is 1.09. The third kappa shape index (κ3) is 4.08. The van der Waals surface area contributed by atoms with E-state index in [4.69, 9.17) is 4.98 Å². The van der Waals surface area contributed by atoms with Gasteiger partial charge in [0.25, 0.3) is 0 Å². The first-order valence-electron chi connectivity index (χ1n) is 13.8. The van der Waals surface area contributed by atoms with E-state index in [0.29, 0.717) is 35.2 Å². The molecule has 2 N–H and O–H groups in total. The predicted octanol–water partition coefficient (Wildman–Crippen LogP) is 2.13. The van der Waals surface area contributed by atoms with E-state index in [1.807, 2.05) is 18.2 Å². The standard InChI is InChI=1S/C29H34N8O/c1-19-14-35(26-7-2-20(12-30)29-25(26)6-9-28(38)33-29)18-24-17-34(10-11-37(19)24)23-5-8-27(31-13-23)36-15-21-3-4-22(16-36)32-21/h2,5-9,13,19,21-22,24,32H,3-4,10-11,14-18H2,1H3,(H,33,38)/t19-,21?,22?,24?/m0/s1. The highest BCUT2D eigenvalue weighted by Crippen LogP contribution is 2.32. The molecular formula is C29H34N8O. The van der Waals surface area contributed by atoms with Crippen LogP contribution < -0.4 is 25.6 Å². The lowest BCUT2D eigenvalue weighted by Gasteiger charge is -2.51. The lowest BCUT2D eigenvalue weighted by molar-refractivity contribution is 0.108. The monoisotopic (exact) mass is 510 g/mol. The Labute approximate surface area is 222 Å². The number of nitriles is 1. The van der Waals surface area contributed by atoms with Gasteiger partial charge in [0, 0.05) is 87.1 Å². The predicted molar refractivity (Wildman–Crippen MR) is 150 cm³/mol. The second-order valence-corrected chi connectivity index (χ2v) is 11.4. The van der Waals surface area contributed by atoms with Crippen molar-refractivity contribution in [2.75, 3.05) is 60.5 Å². The summed E-state index contributed by atoms with van der Waals surface area (Å²) in [4.78, 5) is 29.7.